The van der Waals surface area contributed by atoms with Gasteiger partial charge in [0, 0.05) is 21.5 Å². The number of fused-ring (bicyclic) bond motifs is 1. The van der Waals surface area contributed by atoms with E-state index < -0.39 is 29.2 Å². The number of carbonyl (C=O) groups excluding carboxylic acids is 1. The third kappa shape index (κ3) is 5.27. The highest BCUT2D eigenvalue weighted by molar-refractivity contribution is 7.18. The first-order valence-corrected chi connectivity index (χ1v) is 12.5. The fourth-order valence-electron chi connectivity index (χ4n) is 4.15. The highest BCUT2D eigenvalue weighted by atomic mass is 35.5. The van der Waals surface area contributed by atoms with Crippen LogP contribution in [-0.4, -0.2) is 32.6 Å². The summed E-state index contributed by atoms with van der Waals surface area (Å²) in [5.74, 6) is -1.58. The van der Waals surface area contributed by atoms with Gasteiger partial charge in [-0.1, -0.05) is 42.8 Å². The molecule has 0 spiro atoms. The number of amides is 1. The van der Waals surface area contributed by atoms with Crippen LogP contribution in [0.15, 0.2) is 58.1 Å². The number of rotatable bonds is 8. The first-order valence-electron chi connectivity index (χ1n) is 11.3. The van der Waals surface area contributed by atoms with Crippen LogP contribution >= 0.6 is 22.9 Å². The van der Waals surface area contributed by atoms with Gasteiger partial charge < -0.3 is 10.4 Å². The maximum absolute atomic E-state index is 13.2. The molecule has 0 radical (unpaired) electrons. The number of nitrogens with zero attached hydrogens (tertiary/aromatic N) is 1. The number of H-pyrrole nitrogens is 1. The Balaban J connectivity index is 1.71. The average molecular weight is 526 g/mol. The Bertz CT molecular complexity index is 1590. The van der Waals surface area contributed by atoms with Crippen LogP contribution in [0.2, 0.25) is 5.02 Å². The normalized spacial score (nSPS) is 12.0. The summed E-state index contributed by atoms with van der Waals surface area (Å²) in [5, 5.41) is 13.0. The molecule has 0 aliphatic heterocycles. The summed E-state index contributed by atoms with van der Waals surface area (Å²) in [4.78, 5) is 54.9. The standard InChI is InChI=1S/C26H24ClN3O5S/c1-3-15-8-9-17(12-21(15)30-25(34)19-10-14(2)36-24(19)29-26(30)35)23(33)28-18(13-22(31)32)11-16-6-4-5-7-20(16)27/h4-10,12,18H,3,11,13H2,1-2H3,(H,28,33)(H,29,35)(H,31,32)/t18-/m1/s1. The fourth-order valence-corrected chi connectivity index (χ4v) is 5.25. The number of aryl methyl sites for hydroxylation is 2. The minimum Gasteiger partial charge on any atom is -0.481 e. The number of halogens is 1. The summed E-state index contributed by atoms with van der Waals surface area (Å²) in [5.41, 5.74) is 0.874. The van der Waals surface area contributed by atoms with Gasteiger partial charge >= 0.3 is 11.7 Å². The highest BCUT2D eigenvalue weighted by Gasteiger charge is 2.21. The van der Waals surface area contributed by atoms with Gasteiger partial charge in [0.25, 0.3) is 11.5 Å². The molecule has 36 heavy (non-hydrogen) atoms. The van der Waals surface area contributed by atoms with Crippen molar-refractivity contribution < 1.29 is 14.7 Å². The monoisotopic (exact) mass is 525 g/mol. The Hall–Kier alpha value is -3.69. The summed E-state index contributed by atoms with van der Waals surface area (Å²) in [6, 6.07) is 12.8. The zero-order valence-corrected chi connectivity index (χ0v) is 21.2. The molecule has 1 atom stereocenters. The predicted octanol–water partition coefficient (Wildman–Crippen LogP) is 4.08. The maximum Gasteiger partial charge on any atom is 0.334 e. The first-order chi connectivity index (χ1) is 17.2. The molecule has 0 saturated carbocycles. The van der Waals surface area contributed by atoms with Crippen molar-refractivity contribution in [3.05, 3.63) is 96.0 Å². The van der Waals surface area contributed by atoms with E-state index in [9.17, 15) is 24.3 Å². The number of carbonyl (C=O) groups is 2. The maximum atomic E-state index is 13.2. The van der Waals surface area contributed by atoms with Crippen molar-refractivity contribution in [1.29, 1.82) is 0 Å². The van der Waals surface area contributed by atoms with Crippen LogP contribution in [0.1, 0.15) is 39.7 Å². The van der Waals surface area contributed by atoms with Gasteiger partial charge in [0.15, 0.2) is 0 Å². The molecule has 186 valence electrons. The molecule has 2 aromatic heterocycles. The number of carboxylic acids is 1. The van der Waals surface area contributed by atoms with Crippen LogP contribution in [0.4, 0.5) is 0 Å². The van der Waals surface area contributed by atoms with Gasteiger partial charge in [-0.25, -0.2) is 9.36 Å². The molecule has 0 unspecified atom stereocenters. The number of carboxylic acid groups (broad SMARTS) is 1. The van der Waals surface area contributed by atoms with Crippen LogP contribution < -0.4 is 16.6 Å². The molecule has 1 amide bonds. The Morgan fingerprint density at radius 3 is 2.58 bits per heavy atom. The SMILES string of the molecule is CCc1ccc(C(=O)N[C@@H](CC(=O)O)Cc2ccccc2Cl)cc1-n1c(=O)[nH]c2sc(C)cc2c1=O. The van der Waals surface area contributed by atoms with Crippen molar-refractivity contribution in [2.45, 2.75) is 39.2 Å². The molecule has 0 saturated heterocycles. The molecular formula is C26H24ClN3O5S. The van der Waals surface area contributed by atoms with Crippen molar-refractivity contribution in [2.75, 3.05) is 0 Å². The van der Waals surface area contributed by atoms with E-state index >= 15 is 0 Å². The smallest absolute Gasteiger partial charge is 0.334 e. The van der Waals surface area contributed by atoms with E-state index in [0.29, 0.717) is 38.5 Å². The largest absolute Gasteiger partial charge is 0.481 e. The van der Waals surface area contributed by atoms with Crippen molar-refractivity contribution in [3.8, 4) is 5.69 Å². The summed E-state index contributed by atoms with van der Waals surface area (Å²) in [7, 11) is 0. The highest BCUT2D eigenvalue weighted by Crippen LogP contribution is 2.22. The van der Waals surface area contributed by atoms with Crippen molar-refractivity contribution in [3.63, 3.8) is 0 Å². The van der Waals surface area contributed by atoms with Crippen LogP contribution in [0, 0.1) is 6.92 Å². The number of aliphatic carboxylic acids is 1. The van der Waals surface area contributed by atoms with Gasteiger partial charge in [0.2, 0.25) is 0 Å². The van der Waals surface area contributed by atoms with Crippen molar-refractivity contribution >= 4 is 45.0 Å². The van der Waals surface area contributed by atoms with E-state index in [1.165, 1.54) is 17.4 Å². The molecule has 0 fully saturated rings. The Morgan fingerprint density at radius 2 is 1.89 bits per heavy atom. The zero-order valence-electron chi connectivity index (χ0n) is 19.6. The van der Waals surface area contributed by atoms with E-state index in [4.69, 9.17) is 11.6 Å². The molecule has 10 heteroatoms. The van der Waals surface area contributed by atoms with E-state index in [-0.39, 0.29) is 18.4 Å². The lowest BCUT2D eigenvalue weighted by molar-refractivity contribution is -0.137. The topological polar surface area (TPSA) is 121 Å². The number of thiophene rings is 1. The van der Waals surface area contributed by atoms with Gasteiger partial charge in [-0.3, -0.25) is 19.4 Å². The summed E-state index contributed by atoms with van der Waals surface area (Å²) >= 11 is 7.55. The number of hydrogen-bond acceptors (Lipinski definition) is 5. The molecule has 0 aliphatic carbocycles. The van der Waals surface area contributed by atoms with Gasteiger partial charge in [-0.2, -0.15) is 0 Å². The molecular weight excluding hydrogens is 502 g/mol. The number of hydrogen-bond donors (Lipinski definition) is 3. The third-order valence-electron chi connectivity index (χ3n) is 5.86. The lowest BCUT2D eigenvalue weighted by atomic mass is 10.0. The number of benzene rings is 2. The minimum absolute atomic E-state index is 0.199. The van der Waals surface area contributed by atoms with Crippen molar-refractivity contribution in [2.24, 2.45) is 0 Å². The average Bonchev–Trinajstić information content (AvgIpc) is 3.20. The predicted molar refractivity (Wildman–Crippen MR) is 141 cm³/mol. The second kappa shape index (κ2) is 10.5. The van der Waals surface area contributed by atoms with E-state index in [0.717, 1.165) is 9.44 Å². The van der Waals surface area contributed by atoms with Gasteiger partial charge in [-0.15, -0.1) is 11.3 Å². The second-order valence-corrected chi connectivity index (χ2v) is 10.1. The van der Waals surface area contributed by atoms with Gasteiger partial charge in [0.05, 0.1) is 17.5 Å². The van der Waals surface area contributed by atoms with Crippen LogP contribution in [0.25, 0.3) is 15.9 Å². The van der Waals surface area contributed by atoms with Crippen LogP contribution in [0.3, 0.4) is 0 Å². The van der Waals surface area contributed by atoms with Crippen molar-refractivity contribution in [1.82, 2.24) is 14.9 Å². The summed E-state index contributed by atoms with van der Waals surface area (Å²) in [6.45, 7) is 3.74. The fraction of sp³-hybridized carbons (Fsp3) is 0.231. The Kier molecular flexibility index (Phi) is 7.42. The molecule has 2 heterocycles. The lowest BCUT2D eigenvalue weighted by Gasteiger charge is -2.19. The second-order valence-electron chi connectivity index (χ2n) is 8.43. The molecule has 0 aliphatic rings. The molecule has 8 nitrogen and oxygen atoms in total. The van der Waals surface area contributed by atoms with Crippen LogP contribution in [0.5, 0.6) is 0 Å². The quantitative estimate of drug-likeness (QED) is 0.320. The molecule has 4 aromatic rings. The number of aromatic nitrogens is 2. The molecule has 0 bridgehead atoms. The van der Waals surface area contributed by atoms with Gasteiger partial charge in [0.1, 0.15) is 4.83 Å². The lowest BCUT2D eigenvalue weighted by Crippen LogP contribution is -2.38. The number of nitrogens with one attached hydrogen (secondary N) is 2. The van der Waals surface area contributed by atoms with E-state index in [2.05, 4.69) is 10.3 Å². The van der Waals surface area contributed by atoms with E-state index in [1.807, 2.05) is 13.8 Å². The zero-order chi connectivity index (χ0) is 26.0. The van der Waals surface area contributed by atoms with E-state index in [1.54, 1.807) is 42.5 Å². The minimum atomic E-state index is -1.06. The Labute approximate surface area is 215 Å². The molecule has 3 N–H and O–H groups in total. The van der Waals surface area contributed by atoms with Crippen LogP contribution in [-0.2, 0) is 17.6 Å². The number of aromatic amines is 1. The Morgan fingerprint density at radius 1 is 1.14 bits per heavy atom. The summed E-state index contributed by atoms with van der Waals surface area (Å²) in [6.07, 6.45) is 0.451. The molecule has 4 rings (SSSR count). The van der Waals surface area contributed by atoms with Gasteiger partial charge in [-0.05, 0) is 55.2 Å². The third-order valence-corrected chi connectivity index (χ3v) is 7.20. The molecule has 2 aromatic carbocycles. The summed E-state index contributed by atoms with van der Waals surface area (Å²) < 4.78 is 1.04. The first kappa shape index (κ1) is 25.4.